The van der Waals surface area contributed by atoms with Gasteiger partial charge in [-0.15, -0.1) is 11.6 Å². The van der Waals surface area contributed by atoms with Gasteiger partial charge in [-0.3, -0.25) is 0 Å². The maximum absolute atomic E-state index is 12.3. The number of ether oxygens (including phenoxy) is 2. The molecule has 21 heavy (non-hydrogen) atoms. The fourth-order valence-corrected chi connectivity index (χ4v) is 3.77. The SMILES string of the molecule is COCC(CNS(=O)(=O)c1cc(CCl)c(Cl)cc1Cl)OC. The van der Waals surface area contributed by atoms with E-state index in [2.05, 4.69) is 4.72 Å². The van der Waals surface area contributed by atoms with Gasteiger partial charge in [-0.25, -0.2) is 13.1 Å². The summed E-state index contributed by atoms with van der Waals surface area (Å²) >= 11 is 17.6. The van der Waals surface area contributed by atoms with Crippen LogP contribution < -0.4 is 4.72 Å². The molecule has 0 aliphatic heterocycles. The quantitative estimate of drug-likeness (QED) is 0.709. The van der Waals surface area contributed by atoms with Crippen molar-refractivity contribution in [2.75, 3.05) is 27.4 Å². The third-order valence-corrected chi connectivity index (χ3v) is 5.25. The van der Waals surface area contributed by atoms with Gasteiger partial charge in [0.1, 0.15) is 4.90 Å². The zero-order chi connectivity index (χ0) is 16.0. The monoisotopic (exact) mass is 375 g/mol. The molecule has 0 aliphatic rings. The molecule has 9 heteroatoms. The standard InChI is InChI=1S/C12H16Cl3NO4S/c1-19-7-9(20-2)6-16-21(17,18)12-3-8(5-13)10(14)4-11(12)15/h3-4,9,16H,5-7H2,1-2H3. The molecule has 1 aromatic rings. The molecule has 0 fully saturated rings. The molecule has 0 aromatic heterocycles. The first-order chi connectivity index (χ1) is 9.85. The Morgan fingerprint density at radius 3 is 2.43 bits per heavy atom. The molecule has 0 spiro atoms. The third-order valence-electron chi connectivity index (χ3n) is 2.72. The summed E-state index contributed by atoms with van der Waals surface area (Å²) in [6, 6.07) is 2.72. The number of methoxy groups -OCH3 is 2. The van der Waals surface area contributed by atoms with Gasteiger partial charge in [0.2, 0.25) is 10.0 Å². The molecular weight excluding hydrogens is 361 g/mol. The van der Waals surface area contributed by atoms with Crippen LogP contribution in [0.2, 0.25) is 10.0 Å². The molecule has 0 heterocycles. The first kappa shape index (κ1) is 19.0. The van der Waals surface area contributed by atoms with E-state index in [-0.39, 0.29) is 28.9 Å². The van der Waals surface area contributed by atoms with Gasteiger partial charge in [0.25, 0.3) is 0 Å². The number of hydrogen-bond donors (Lipinski definition) is 1. The minimum absolute atomic E-state index is 0.0297. The summed E-state index contributed by atoms with van der Waals surface area (Å²) in [7, 11) is -0.824. The summed E-state index contributed by atoms with van der Waals surface area (Å²) in [5, 5.41) is 0.352. The normalized spacial score (nSPS) is 13.4. The van der Waals surface area contributed by atoms with Crippen molar-refractivity contribution in [3.63, 3.8) is 0 Å². The van der Waals surface area contributed by atoms with E-state index >= 15 is 0 Å². The van der Waals surface area contributed by atoms with Crippen LogP contribution in [0.4, 0.5) is 0 Å². The van der Waals surface area contributed by atoms with Crippen LogP contribution in [-0.4, -0.2) is 41.9 Å². The van der Waals surface area contributed by atoms with Gasteiger partial charge in [0.15, 0.2) is 0 Å². The summed E-state index contributed by atoms with van der Waals surface area (Å²) in [5.41, 5.74) is 0.489. The van der Waals surface area contributed by atoms with Crippen molar-refractivity contribution in [1.82, 2.24) is 4.72 Å². The van der Waals surface area contributed by atoms with Crippen molar-refractivity contribution >= 4 is 44.8 Å². The lowest BCUT2D eigenvalue weighted by Gasteiger charge is -2.16. The second-order valence-corrected chi connectivity index (χ2v) is 6.99. The molecular formula is C12H16Cl3NO4S. The molecule has 1 N–H and O–H groups in total. The number of nitrogens with one attached hydrogen (secondary N) is 1. The summed E-state index contributed by atoms with van der Waals surface area (Å²) < 4.78 is 37.0. The Hall–Kier alpha value is -0.0800. The highest BCUT2D eigenvalue weighted by atomic mass is 35.5. The smallest absolute Gasteiger partial charge is 0.242 e. The van der Waals surface area contributed by atoms with Crippen molar-refractivity contribution in [2.45, 2.75) is 16.9 Å². The van der Waals surface area contributed by atoms with Crippen LogP contribution in [0, 0.1) is 0 Å². The minimum Gasteiger partial charge on any atom is -0.382 e. The number of sulfonamides is 1. The van der Waals surface area contributed by atoms with Gasteiger partial charge in [0.05, 0.1) is 17.7 Å². The number of hydrogen-bond acceptors (Lipinski definition) is 4. The van der Waals surface area contributed by atoms with E-state index in [0.717, 1.165) is 0 Å². The summed E-state index contributed by atoms with van der Waals surface area (Å²) in [4.78, 5) is -0.0727. The second kappa shape index (κ2) is 8.53. The topological polar surface area (TPSA) is 64.6 Å². The van der Waals surface area contributed by atoms with Crippen molar-refractivity contribution in [1.29, 1.82) is 0 Å². The van der Waals surface area contributed by atoms with Gasteiger partial charge in [-0.2, -0.15) is 0 Å². The van der Waals surface area contributed by atoms with Crippen molar-refractivity contribution < 1.29 is 17.9 Å². The molecule has 0 aliphatic carbocycles. The lowest BCUT2D eigenvalue weighted by atomic mass is 10.2. The lowest BCUT2D eigenvalue weighted by molar-refractivity contribution is 0.0320. The molecule has 0 saturated heterocycles. The Labute approximate surface area is 139 Å². The number of halogens is 3. The van der Waals surface area contributed by atoms with Crippen molar-refractivity contribution in [3.8, 4) is 0 Å². The van der Waals surface area contributed by atoms with Gasteiger partial charge in [-0.05, 0) is 17.7 Å². The van der Waals surface area contributed by atoms with Gasteiger partial charge >= 0.3 is 0 Å². The van der Waals surface area contributed by atoms with Crippen LogP contribution in [0.3, 0.4) is 0 Å². The van der Waals surface area contributed by atoms with Gasteiger partial charge in [0, 0.05) is 31.7 Å². The van der Waals surface area contributed by atoms with E-state index in [1.807, 2.05) is 0 Å². The van der Waals surface area contributed by atoms with Crippen LogP contribution in [0.5, 0.6) is 0 Å². The highest BCUT2D eigenvalue weighted by Crippen LogP contribution is 2.29. The van der Waals surface area contributed by atoms with Gasteiger partial charge in [-0.1, -0.05) is 23.2 Å². The zero-order valence-corrected chi connectivity index (χ0v) is 14.6. The molecule has 0 radical (unpaired) electrons. The van der Waals surface area contributed by atoms with E-state index in [9.17, 15) is 8.42 Å². The molecule has 1 unspecified atom stereocenters. The van der Waals surface area contributed by atoms with Crippen LogP contribution in [0.15, 0.2) is 17.0 Å². The molecule has 0 bridgehead atoms. The van der Waals surface area contributed by atoms with Crippen molar-refractivity contribution in [3.05, 3.63) is 27.7 Å². The summed E-state index contributed by atoms with van der Waals surface area (Å²) in [6.45, 7) is 0.322. The van der Waals surface area contributed by atoms with Crippen molar-refractivity contribution in [2.24, 2.45) is 0 Å². The molecule has 1 atom stereocenters. The maximum Gasteiger partial charge on any atom is 0.242 e. The summed E-state index contributed by atoms with van der Waals surface area (Å²) in [6.07, 6.45) is -0.400. The third kappa shape index (κ3) is 5.25. The maximum atomic E-state index is 12.3. The molecule has 0 saturated carbocycles. The average Bonchev–Trinajstić information content (AvgIpc) is 2.43. The number of rotatable bonds is 8. The molecule has 0 amide bonds. The summed E-state index contributed by atoms with van der Waals surface area (Å²) in [5.74, 6) is 0.0862. The van der Waals surface area contributed by atoms with Crippen LogP contribution in [0.25, 0.3) is 0 Å². The largest absolute Gasteiger partial charge is 0.382 e. The Bertz CT molecular complexity index is 580. The van der Waals surface area contributed by atoms with E-state index in [1.165, 1.54) is 26.4 Å². The van der Waals surface area contributed by atoms with Gasteiger partial charge < -0.3 is 9.47 Å². The van der Waals surface area contributed by atoms with E-state index in [1.54, 1.807) is 0 Å². The molecule has 1 rings (SSSR count). The first-order valence-corrected chi connectivity index (χ1v) is 8.68. The fraction of sp³-hybridized carbons (Fsp3) is 0.500. The van der Waals surface area contributed by atoms with E-state index in [0.29, 0.717) is 10.6 Å². The zero-order valence-electron chi connectivity index (χ0n) is 11.5. The van der Waals surface area contributed by atoms with E-state index in [4.69, 9.17) is 44.3 Å². The Kier molecular flexibility index (Phi) is 7.70. The molecule has 5 nitrogen and oxygen atoms in total. The number of benzene rings is 1. The van der Waals surface area contributed by atoms with E-state index < -0.39 is 16.1 Å². The van der Waals surface area contributed by atoms with Crippen LogP contribution in [-0.2, 0) is 25.4 Å². The first-order valence-electron chi connectivity index (χ1n) is 5.91. The lowest BCUT2D eigenvalue weighted by Crippen LogP contribution is -2.35. The molecule has 1 aromatic carbocycles. The average molecular weight is 377 g/mol. The predicted molar refractivity (Wildman–Crippen MR) is 83.9 cm³/mol. The predicted octanol–water partition coefficient (Wildman–Crippen LogP) is 2.67. The Morgan fingerprint density at radius 2 is 1.90 bits per heavy atom. The van der Waals surface area contributed by atoms with Crippen LogP contribution >= 0.6 is 34.8 Å². The highest BCUT2D eigenvalue weighted by Gasteiger charge is 2.21. The van der Waals surface area contributed by atoms with Crippen LogP contribution in [0.1, 0.15) is 5.56 Å². The Morgan fingerprint density at radius 1 is 1.24 bits per heavy atom. The number of alkyl halides is 1. The molecule has 120 valence electrons. The minimum atomic E-state index is -3.80. The highest BCUT2D eigenvalue weighted by molar-refractivity contribution is 7.89. The Balaban J connectivity index is 2.97. The fourth-order valence-electron chi connectivity index (χ4n) is 1.56. The second-order valence-electron chi connectivity index (χ2n) is 4.17.